The number of likely N-dealkylation sites (tertiary alicyclic amines) is 1. The van der Waals surface area contributed by atoms with Crippen LogP contribution < -0.4 is 5.73 Å². The first-order chi connectivity index (χ1) is 11.7. The Morgan fingerprint density at radius 3 is 2.64 bits per heavy atom. The number of halogens is 2. The normalized spacial score (nSPS) is 20.8. The van der Waals surface area contributed by atoms with Gasteiger partial charge >= 0.3 is 0 Å². The average molecular weight is 387 g/mol. The Kier molecular flexibility index (Phi) is 6.58. The van der Waals surface area contributed by atoms with Gasteiger partial charge in [0.25, 0.3) is 0 Å². The van der Waals surface area contributed by atoms with E-state index in [2.05, 4.69) is 13.8 Å². The number of carbonyl (C=O) groups excluding carboxylic acids is 2. The Bertz CT molecular complexity index is 664. The molecule has 25 heavy (non-hydrogen) atoms. The van der Waals surface area contributed by atoms with Crippen LogP contribution in [0.3, 0.4) is 0 Å². The maximum atomic E-state index is 12.5. The van der Waals surface area contributed by atoms with Crippen LogP contribution in [0.5, 0.6) is 5.75 Å². The van der Waals surface area contributed by atoms with Crippen LogP contribution in [0.4, 0.5) is 0 Å². The molecule has 5 nitrogen and oxygen atoms in total. The number of amides is 2. The summed E-state index contributed by atoms with van der Waals surface area (Å²) in [6.07, 6.45) is 2.08. The second kappa shape index (κ2) is 8.28. The number of carbonyl (C=O) groups is 2. The molecule has 0 spiro atoms. The minimum atomic E-state index is -0.701. The van der Waals surface area contributed by atoms with Crippen molar-refractivity contribution in [2.75, 3.05) is 6.54 Å². The van der Waals surface area contributed by atoms with Crippen molar-refractivity contribution in [1.29, 1.82) is 0 Å². The number of benzene rings is 1. The van der Waals surface area contributed by atoms with E-state index in [9.17, 15) is 14.7 Å². The first-order valence-electron chi connectivity index (χ1n) is 8.48. The molecular weight excluding hydrogens is 363 g/mol. The van der Waals surface area contributed by atoms with Gasteiger partial charge in [-0.15, -0.1) is 0 Å². The zero-order valence-corrected chi connectivity index (χ0v) is 16.0. The van der Waals surface area contributed by atoms with Crippen molar-refractivity contribution in [3.63, 3.8) is 0 Å². The SMILES string of the molecule is CC(C)CCC(=O)N1CCC(c2c(O)ccc(Cl)c2Cl)CC1C(N)=O. The first-order valence-corrected chi connectivity index (χ1v) is 9.23. The zero-order chi connectivity index (χ0) is 18.7. The summed E-state index contributed by atoms with van der Waals surface area (Å²) < 4.78 is 0. The molecule has 1 aromatic rings. The highest BCUT2D eigenvalue weighted by atomic mass is 35.5. The molecule has 2 unspecified atom stereocenters. The average Bonchev–Trinajstić information content (AvgIpc) is 2.56. The third kappa shape index (κ3) is 4.59. The van der Waals surface area contributed by atoms with Gasteiger partial charge in [0.15, 0.2) is 0 Å². The number of nitrogens with zero attached hydrogens (tertiary/aromatic N) is 1. The van der Waals surface area contributed by atoms with Gasteiger partial charge in [0.05, 0.1) is 10.0 Å². The molecule has 1 aliphatic rings. The molecule has 1 saturated heterocycles. The standard InChI is InChI=1S/C18H24Cl2N2O3/c1-10(2)3-6-15(24)22-8-7-11(9-13(22)18(21)25)16-14(23)5-4-12(19)17(16)20/h4-5,10-11,13,23H,3,6-9H2,1-2H3,(H2,21,25). The van der Waals surface area contributed by atoms with E-state index in [1.807, 2.05) is 0 Å². The Morgan fingerprint density at radius 1 is 1.36 bits per heavy atom. The second-order valence-electron chi connectivity index (χ2n) is 6.95. The third-order valence-corrected chi connectivity index (χ3v) is 5.52. The summed E-state index contributed by atoms with van der Waals surface area (Å²) in [5, 5.41) is 10.8. The fourth-order valence-electron chi connectivity index (χ4n) is 3.30. The highest BCUT2D eigenvalue weighted by Crippen LogP contribution is 2.43. The fraction of sp³-hybridized carbons (Fsp3) is 0.556. The van der Waals surface area contributed by atoms with Gasteiger partial charge < -0.3 is 15.7 Å². The Morgan fingerprint density at radius 2 is 2.04 bits per heavy atom. The number of phenolic OH excluding ortho intramolecular Hbond substituents is 1. The summed E-state index contributed by atoms with van der Waals surface area (Å²) >= 11 is 12.3. The van der Waals surface area contributed by atoms with E-state index < -0.39 is 11.9 Å². The van der Waals surface area contributed by atoms with Crippen LogP contribution in [0, 0.1) is 5.92 Å². The van der Waals surface area contributed by atoms with Crippen molar-refractivity contribution >= 4 is 35.0 Å². The molecule has 0 bridgehead atoms. The summed E-state index contributed by atoms with van der Waals surface area (Å²) in [5.41, 5.74) is 6.07. The molecule has 1 aliphatic heterocycles. The highest BCUT2D eigenvalue weighted by Gasteiger charge is 2.37. The van der Waals surface area contributed by atoms with Crippen molar-refractivity contribution in [3.05, 3.63) is 27.7 Å². The lowest BCUT2D eigenvalue weighted by Crippen LogP contribution is -2.52. The van der Waals surface area contributed by atoms with Crippen LogP contribution in [0.15, 0.2) is 12.1 Å². The molecule has 0 aliphatic carbocycles. The molecule has 2 rings (SSSR count). The van der Waals surface area contributed by atoms with Gasteiger partial charge in [-0.05, 0) is 43.2 Å². The van der Waals surface area contributed by atoms with Crippen LogP contribution in [0.1, 0.15) is 51.0 Å². The number of rotatable bonds is 5. The molecule has 0 aromatic heterocycles. The van der Waals surface area contributed by atoms with Crippen molar-refractivity contribution < 1.29 is 14.7 Å². The lowest BCUT2D eigenvalue weighted by molar-refractivity contribution is -0.141. The predicted molar refractivity (Wildman–Crippen MR) is 98.9 cm³/mol. The van der Waals surface area contributed by atoms with Crippen LogP contribution in [0.2, 0.25) is 10.0 Å². The van der Waals surface area contributed by atoms with E-state index in [-0.39, 0.29) is 22.6 Å². The molecule has 7 heteroatoms. The molecule has 0 saturated carbocycles. The number of primary amides is 1. The summed E-state index contributed by atoms with van der Waals surface area (Å²) in [4.78, 5) is 26.0. The van der Waals surface area contributed by atoms with Crippen molar-refractivity contribution in [2.45, 2.75) is 51.5 Å². The minimum absolute atomic E-state index is 0.0437. The van der Waals surface area contributed by atoms with E-state index in [0.717, 1.165) is 6.42 Å². The van der Waals surface area contributed by atoms with E-state index in [0.29, 0.717) is 42.3 Å². The molecule has 2 amide bonds. The quantitative estimate of drug-likeness (QED) is 0.808. The Balaban J connectivity index is 2.21. The van der Waals surface area contributed by atoms with Gasteiger partial charge in [-0.3, -0.25) is 9.59 Å². The topological polar surface area (TPSA) is 83.6 Å². The van der Waals surface area contributed by atoms with Crippen molar-refractivity contribution in [2.24, 2.45) is 11.7 Å². The maximum absolute atomic E-state index is 12.5. The molecule has 0 radical (unpaired) electrons. The molecule has 2 atom stereocenters. The van der Waals surface area contributed by atoms with E-state index in [4.69, 9.17) is 28.9 Å². The largest absolute Gasteiger partial charge is 0.508 e. The summed E-state index contributed by atoms with van der Waals surface area (Å²) in [5.74, 6) is -0.326. The monoisotopic (exact) mass is 386 g/mol. The predicted octanol–water partition coefficient (Wildman–Crippen LogP) is 3.70. The van der Waals surface area contributed by atoms with Gasteiger partial charge in [0.2, 0.25) is 11.8 Å². The van der Waals surface area contributed by atoms with Gasteiger partial charge in [-0.1, -0.05) is 37.0 Å². The molecule has 1 fully saturated rings. The molecule has 1 heterocycles. The van der Waals surface area contributed by atoms with Crippen LogP contribution in [-0.4, -0.2) is 34.4 Å². The van der Waals surface area contributed by atoms with Crippen LogP contribution in [-0.2, 0) is 9.59 Å². The van der Waals surface area contributed by atoms with Gasteiger partial charge in [0.1, 0.15) is 11.8 Å². The van der Waals surface area contributed by atoms with E-state index in [1.165, 1.54) is 12.1 Å². The van der Waals surface area contributed by atoms with Crippen molar-refractivity contribution in [3.8, 4) is 5.75 Å². The first kappa shape index (κ1) is 19.9. The lowest BCUT2D eigenvalue weighted by atomic mass is 9.84. The smallest absolute Gasteiger partial charge is 0.240 e. The summed E-state index contributed by atoms with van der Waals surface area (Å²) in [6, 6.07) is 2.31. The second-order valence-corrected chi connectivity index (χ2v) is 7.74. The molecule has 138 valence electrons. The molecular formula is C18H24Cl2N2O3. The van der Waals surface area contributed by atoms with Crippen molar-refractivity contribution in [1.82, 2.24) is 4.90 Å². The summed E-state index contributed by atoms with van der Waals surface area (Å²) in [6.45, 7) is 4.50. The fourth-order valence-corrected chi connectivity index (χ4v) is 3.77. The van der Waals surface area contributed by atoms with Gasteiger partial charge in [0, 0.05) is 18.5 Å². The van der Waals surface area contributed by atoms with Crippen LogP contribution >= 0.6 is 23.2 Å². The Hall–Kier alpha value is -1.46. The lowest BCUT2D eigenvalue weighted by Gasteiger charge is -2.38. The van der Waals surface area contributed by atoms with Crippen LogP contribution in [0.25, 0.3) is 0 Å². The number of nitrogens with two attached hydrogens (primary N) is 1. The van der Waals surface area contributed by atoms with E-state index >= 15 is 0 Å². The number of hydrogen-bond donors (Lipinski definition) is 2. The number of hydrogen-bond acceptors (Lipinski definition) is 3. The molecule has 1 aromatic carbocycles. The van der Waals surface area contributed by atoms with Gasteiger partial charge in [-0.2, -0.15) is 0 Å². The minimum Gasteiger partial charge on any atom is -0.508 e. The highest BCUT2D eigenvalue weighted by molar-refractivity contribution is 6.42. The molecule has 3 N–H and O–H groups in total. The zero-order valence-electron chi connectivity index (χ0n) is 14.5. The maximum Gasteiger partial charge on any atom is 0.240 e. The number of aromatic hydroxyl groups is 1. The summed E-state index contributed by atoms with van der Waals surface area (Å²) in [7, 11) is 0. The Labute approximate surface area is 158 Å². The van der Waals surface area contributed by atoms with E-state index in [1.54, 1.807) is 4.90 Å². The number of phenols is 1. The third-order valence-electron chi connectivity index (χ3n) is 4.70. The van der Waals surface area contributed by atoms with Gasteiger partial charge in [-0.25, -0.2) is 0 Å². The number of piperidine rings is 1.